The SMILES string of the molecule is CCOC(=O)C1=C(C)Nc2c(c(-c3ccoc3)nn2C)C1c1cccc([N+](=O)[O-])c1. The number of anilines is 1. The van der Waals surface area contributed by atoms with Gasteiger partial charge in [-0.3, -0.25) is 14.8 Å². The van der Waals surface area contributed by atoms with Crippen molar-refractivity contribution in [1.82, 2.24) is 9.78 Å². The molecule has 1 N–H and O–H groups in total. The third-order valence-electron chi connectivity index (χ3n) is 5.08. The number of carbonyl (C=O) groups is 1. The van der Waals surface area contributed by atoms with Gasteiger partial charge in [-0.05, 0) is 25.5 Å². The van der Waals surface area contributed by atoms with Crippen LogP contribution in [0.2, 0.25) is 0 Å². The summed E-state index contributed by atoms with van der Waals surface area (Å²) in [5.74, 6) is -0.376. The number of nitro benzene ring substituents is 1. The van der Waals surface area contributed by atoms with Crippen LogP contribution in [-0.4, -0.2) is 27.3 Å². The van der Waals surface area contributed by atoms with E-state index in [1.807, 2.05) is 0 Å². The number of hydrogen-bond acceptors (Lipinski definition) is 7. The van der Waals surface area contributed by atoms with E-state index in [2.05, 4.69) is 10.4 Å². The molecule has 0 aliphatic carbocycles. The quantitative estimate of drug-likeness (QED) is 0.386. The molecule has 1 atom stereocenters. The van der Waals surface area contributed by atoms with E-state index in [0.29, 0.717) is 28.3 Å². The van der Waals surface area contributed by atoms with Crippen LogP contribution in [0.3, 0.4) is 0 Å². The summed E-state index contributed by atoms with van der Waals surface area (Å²) >= 11 is 0. The summed E-state index contributed by atoms with van der Waals surface area (Å²) in [5, 5.41) is 19.3. The van der Waals surface area contributed by atoms with E-state index in [9.17, 15) is 14.9 Å². The Kier molecular flexibility index (Phi) is 4.86. The molecule has 0 amide bonds. The first-order chi connectivity index (χ1) is 14.4. The number of nitro groups is 1. The zero-order valence-electron chi connectivity index (χ0n) is 16.7. The highest BCUT2D eigenvalue weighted by Gasteiger charge is 2.38. The summed E-state index contributed by atoms with van der Waals surface area (Å²) in [6.45, 7) is 3.73. The van der Waals surface area contributed by atoms with Crippen molar-refractivity contribution < 1.29 is 18.9 Å². The van der Waals surface area contributed by atoms with E-state index in [1.165, 1.54) is 12.1 Å². The summed E-state index contributed by atoms with van der Waals surface area (Å²) in [7, 11) is 1.79. The van der Waals surface area contributed by atoms with Crippen LogP contribution in [0.25, 0.3) is 11.3 Å². The molecule has 9 nitrogen and oxygen atoms in total. The Bertz CT molecular complexity index is 1160. The minimum Gasteiger partial charge on any atom is -0.472 e. The zero-order chi connectivity index (χ0) is 21.4. The van der Waals surface area contributed by atoms with Crippen LogP contribution in [0.4, 0.5) is 11.5 Å². The average Bonchev–Trinajstić information content (AvgIpc) is 3.36. The van der Waals surface area contributed by atoms with Crippen LogP contribution in [0.15, 0.2) is 58.5 Å². The van der Waals surface area contributed by atoms with Crippen molar-refractivity contribution in [3.05, 3.63) is 75.4 Å². The molecule has 1 unspecified atom stereocenters. The monoisotopic (exact) mass is 408 g/mol. The van der Waals surface area contributed by atoms with Crippen molar-refractivity contribution in [3.63, 3.8) is 0 Å². The number of furan rings is 1. The Morgan fingerprint density at radius 3 is 2.87 bits per heavy atom. The Labute approximate surface area is 172 Å². The molecule has 154 valence electrons. The lowest BCUT2D eigenvalue weighted by Gasteiger charge is -2.28. The van der Waals surface area contributed by atoms with Crippen LogP contribution < -0.4 is 5.32 Å². The summed E-state index contributed by atoms with van der Waals surface area (Å²) in [5.41, 5.74) is 3.65. The number of allylic oxidation sites excluding steroid dienone is 1. The number of ether oxygens (including phenoxy) is 1. The second-order valence-electron chi connectivity index (χ2n) is 6.92. The molecular formula is C21H20N4O5. The molecule has 9 heteroatoms. The molecule has 0 spiro atoms. The Morgan fingerprint density at radius 1 is 1.40 bits per heavy atom. The lowest BCUT2D eigenvalue weighted by atomic mass is 9.80. The fraction of sp³-hybridized carbons (Fsp3) is 0.238. The van der Waals surface area contributed by atoms with Crippen molar-refractivity contribution in [1.29, 1.82) is 0 Å². The number of esters is 1. The smallest absolute Gasteiger partial charge is 0.336 e. The van der Waals surface area contributed by atoms with Gasteiger partial charge in [0.25, 0.3) is 5.69 Å². The summed E-state index contributed by atoms with van der Waals surface area (Å²) < 4.78 is 12.2. The Hall–Kier alpha value is -3.88. The second-order valence-corrected chi connectivity index (χ2v) is 6.92. The summed E-state index contributed by atoms with van der Waals surface area (Å²) in [6.07, 6.45) is 3.12. The molecule has 0 saturated carbocycles. The maximum atomic E-state index is 12.9. The predicted octanol–water partition coefficient (Wildman–Crippen LogP) is 3.98. The van der Waals surface area contributed by atoms with Crippen LogP contribution in [0, 0.1) is 10.1 Å². The molecule has 0 radical (unpaired) electrons. The molecule has 3 aromatic rings. The molecule has 30 heavy (non-hydrogen) atoms. The van der Waals surface area contributed by atoms with Gasteiger partial charge in [0.15, 0.2) is 0 Å². The molecule has 0 fully saturated rings. The zero-order valence-corrected chi connectivity index (χ0v) is 16.7. The number of nitrogens with zero attached hydrogens (tertiary/aromatic N) is 3. The van der Waals surface area contributed by atoms with Gasteiger partial charge >= 0.3 is 5.97 Å². The number of nitrogens with one attached hydrogen (secondary N) is 1. The predicted molar refractivity (Wildman–Crippen MR) is 109 cm³/mol. The lowest BCUT2D eigenvalue weighted by Crippen LogP contribution is -2.25. The van der Waals surface area contributed by atoms with E-state index < -0.39 is 16.8 Å². The van der Waals surface area contributed by atoms with Gasteiger partial charge < -0.3 is 14.5 Å². The minimum atomic E-state index is -0.598. The minimum absolute atomic E-state index is 0.0535. The molecular weight excluding hydrogens is 388 g/mol. The molecule has 4 rings (SSSR count). The molecule has 0 bridgehead atoms. The van der Waals surface area contributed by atoms with Gasteiger partial charge in [-0.1, -0.05) is 12.1 Å². The Morgan fingerprint density at radius 2 is 2.20 bits per heavy atom. The molecule has 0 saturated heterocycles. The number of rotatable bonds is 5. The van der Waals surface area contributed by atoms with E-state index in [0.717, 1.165) is 11.1 Å². The molecule has 3 heterocycles. The van der Waals surface area contributed by atoms with Gasteiger partial charge in [0.2, 0.25) is 0 Å². The first kappa shape index (κ1) is 19.4. The van der Waals surface area contributed by atoms with Crippen LogP contribution in [0.1, 0.15) is 30.9 Å². The van der Waals surface area contributed by atoms with Crippen LogP contribution in [-0.2, 0) is 16.6 Å². The fourth-order valence-electron chi connectivity index (χ4n) is 3.81. The highest BCUT2D eigenvalue weighted by atomic mass is 16.6. The normalized spacial score (nSPS) is 15.5. The number of hydrogen-bond donors (Lipinski definition) is 1. The number of non-ortho nitro benzene ring substituents is 1. The molecule has 1 aliphatic rings. The van der Waals surface area contributed by atoms with E-state index in [1.54, 1.807) is 56.3 Å². The van der Waals surface area contributed by atoms with Crippen molar-refractivity contribution in [2.75, 3.05) is 11.9 Å². The molecule has 1 aliphatic heterocycles. The maximum absolute atomic E-state index is 12.9. The van der Waals surface area contributed by atoms with Crippen molar-refractivity contribution in [2.45, 2.75) is 19.8 Å². The third kappa shape index (κ3) is 3.14. The van der Waals surface area contributed by atoms with Gasteiger partial charge in [0.05, 0.1) is 29.6 Å². The second kappa shape index (κ2) is 7.51. The van der Waals surface area contributed by atoms with E-state index in [-0.39, 0.29) is 12.3 Å². The van der Waals surface area contributed by atoms with Gasteiger partial charge in [-0.15, -0.1) is 0 Å². The standard InChI is InChI=1S/C21H20N4O5/c1-4-30-21(26)16-12(2)22-20-18(19(23-24(20)3)14-8-9-29-11-14)17(16)13-6-5-7-15(10-13)25(27)28/h5-11,17,22H,4H2,1-3H3. The van der Waals surface area contributed by atoms with Crippen molar-refractivity contribution in [3.8, 4) is 11.3 Å². The van der Waals surface area contributed by atoms with Crippen molar-refractivity contribution in [2.24, 2.45) is 7.05 Å². The van der Waals surface area contributed by atoms with Crippen LogP contribution >= 0.6 is 0 Å². The van der Waals surface area contributed by atoms with Gasteiger partial charge in [-0.25, -0.2) is 4.79 Å². The molecule has 2 aromatic heterocycles. The fourth-order valence-corrected chi connectivity index (χ4v) is 3.81. The highest BCUT2D eigenvalue weighted by Crippen LogP contribution is 2.47. The Balaban J connectivity index is 1.99. The van der Waals surface area contributed by atoms with Crippen LogP contribution in [0.5, 0.6) is 0 Å². The highest BCUT2D eigenvalue weighted by molar-refractivity contribution is 5.95. The largest absolute Gasteiger partial charge is 0.472 e. The van der Waals surface area contributed by atoms with E-state index in [4.69, 9.17) is 9.15 Å². The number of fused-ring (bicyclic) bond motifs is 1. The summed E-state index contributed by atoms with van der Waals surface area (Å²) in [4.78, 5) is 23.9. The van der Waals surface area contributed by atoms with Gasteiger partial charge in [-0.2, -0.15) is 5.10 Å². The third-order valence-corrected chi connectivity index (χ3v) is 5.08. The van der Waals surface area contributed by atoms with Crippen molar-refractivity contribution >= 4 is 17.5 Å². The molecule has 1 aromatic carbocycles. The number of aromatic nitrogens is 2. The lowest BCUT2D eigenvalue weighted by molar-refractivity contribution is -0.384. The van der Waals surface area contributed by atoms with Gasteiger partial charge in [0.1, 0.15) is 11.5 Å². The van der Waals surface area contributed by atoms with Gasteiger partial charge in [0, 0.05) is 41.9 Å². The first-order valence-electron chi connectivity index (χ1n) is 9.41. The average molecular weight is 408 g/mol. The first-order valence-corrected chi connectivity index (χ1v) is 9.41. The maximum Gasteiger partial charge on any atom is 0.336 e. The van der Waals surface area contributed by atoms with E-state index >= 15 is 0 Å². The number of carbonyl (C=O) groups excluding carboxylic acids is 1. The number of benzene rings is 1. The number of aryl methyl sites for hydroxylation is 1. The summed E-state index contributed by atoms with van der Waals surface area (Å²) in [6, 6.07) is 8.07. The topological polar surface area (TPSA) is 112 Å².